The van der Waals surface area contributed by atoms with Crippen LogP contribution in [0.15, 0.2) is 48.5 Å². The first-order valence-corrected chi connectivity index (χ1v) is 13.1. The molecule has 4 bridgehead atoms. The van der Waals surface area contributed by atoms with E-state index in [0.29, 0.717) is 5.41 Å². The van der Waals surface area contributed by atoms with Gasteiger partial charge in [0, 0.05) is 5.41 Å². The number of nitrogens with one attached hydrogen (secondary N) is 2. The van der Waals surface area contributed by atoms with Crippen LogP contribution in [0, 0.1) is 23.2 Å². The van der Waals surface area contributed by atoms with Gasteiger partial charge in [-0.15, -0.1) is 0 Å². The van der Waals surface area contributed by atoms with E-state index in [1.165, 1.54) is 47.9 Å². The van der Waals surface area contributed by atoms with Gasteiger partial charge in [0.25, 0.3) is 0 Å². The summed E-state index contributed by atoms with van der Waals surface area (Å²) in [5.41, 5.74) is 2.46. The van der Waals surface area contributed by atoms with Crippen LogP contribution >= 0.6 is 22.7 Å². The summed E-state index contributed by atoms with van der Waals surface area (Å²) < 4.78 is 2.49. The third kappa shape index (κ3) is 3.14. The summed E-state index contributed by atoms with van der Waals surface area (Å²) in [5.74, 6) is 2.72. The Kier molecular flexibility index (Phi) is 4.10. The van der Waals surface area contributed by atoms with Crippen LogP contribution in [-0.2, 0) is 0 Å². The van der Waals surface area contributed by atoms with Gasteiger partial charge >= 0.3 is 0 Å². The average molecular weight is 447 g/mol. The highest BCUT2D eigenvalue weighted by atomic mass is 32.1. The summed E-state index contributed by atoms with van der Waals surface area (Å²) in [5, 5.41) is 9.81. The molecule has 4 aliphatic rings. The maximum atomic E-state index is 4.91. The van der Waals surface area contributed by atoms with E-state index in [4.69, 9.17) is 9.97 Å². The predicted octanol–water partition coefficient (Wildman–Crippen LogP) is 6.97. The fourth-order valence-electron chi connectivity index (χ4n) is 6.99. The molecule has 0 spiro atoms. The van der Waals surface area contributed by atoms with Gasteiger partial charge in [-0.3, -0.25) is 0 Å². The third-order valence-corrected chi connectivity index (χ3v) is 9.76. The lowest BCUT2D eigenvalue weighted by Gasteiger charge is -2.59. The van der Waals surface area contributed by atoms with E-state index in [1.807, 2.05) is 0 Å². The third-order valence-electron chi connectivity index (χ3n) is 7.82. The molecule has 0 saturated heterocycles. The van der Waals surface area contributed by atoms with E-state index in [-0.39, 0.29) is 6.17 Å². The Morgan fingerprint density at radius 1 is 0.710 bits per heavy atom. The van der Waals surface area contributed by atoms with Crippen LogP contribution in [0.2, 0.25) is 0 Å². The first kappa shape index (κ1) is 18.4. The molecule has 4 nitrogen and oxygen atoms in total. The van der Waals surface area contributed by atoms with Crippen molar-refractivity contribution in [1.82, 2.24) is 9.97 Å². The summed E-state index contributed by atoms with van der Waals surface area (Å²) in [6.07, 6.45) is 8.52. The maximum Gasteiger partial charge on any atom is 0.185 e. The highest BCUT2D eigenvalue weighted by molar-refractivity contribution is 7.22. The van der Waals surface area contributed by atoms with E-state index >= 15 is 0 Å². The van der Waals surface area contributed by atoms with E-state index in [1.54, 1.807) is 22.7 Å². The quantitative estimate of drug-likeness (QED) is 0.325. The van der Waals surface area contributed by atoms with Crippen molar-refractivity contribution in [2.24, 2.45) is 23.2 Å². The number of hydrogen-bond donors (Lipinski definition) is 2. The second kappa shape index (κ2) is 6.91. The Hall–Kier alpha value is -2.18. The van der Waals surface area contributed by atoms with Crippen LogP contribution in [0.4, 0.5) is 10.3 Å². The molecule has 6 heteroatoms. The van der Waals surface area contributed by atoms with Crippen LogP contribution in [0.5, 0.6) is 0 Å². The van der Waals surface area contributed by atoms with Gasteiger partial charge in [0.15, 0.2) is 10.3 Å². The van der Waals surface area contributed by atoms with E-state index in [9.17, 15) is 0 Å². The topological polar surface area (TPSA) is 49.8 Å². The second-order valence-electron chi connectivity index (χ2n) is 9.98. The zero-order valence-electron chi connectivity index (χ0n) is 17.4. The van der Waals surface area contributed by atoms with Crippen molar-refractivity contribution in [2.45, 2.75) is 44.7 Å². The van der Waals surface area contributed by atoms with Gasteiger partial charge in [-0.05, 0) is 80.5 Å². The highest BCUT2D eigenvalue weighted by Crippen LogP contribution is 2.61. The molecule has 0 atom stereocenters. The molecule has 2 aromatic heterocycles. The molecule has 0 unspecified atom stereocenters. The lowest BCUT2D eigenvalue weighted by molar-refractivity contribution is -0.0587. The minimum atomic E-state index is 0.169. The zero-order chi connectivity index (χ0) is 20.4. The normalized spacial score (nSPS) is 29.3. The molecule has 4 fully saturated rings. The SMILES string of the molecule is c1ccc2sc(NC(Nc3nc4ccccc4s3)C34CC5CC(CC(C5)C3)C4)nc2c1. The number of rotatable bonds is 5. The average Bonchev–Trinajstić information content (AvgIpc) is 3.35. The molecule has 158 valence electrons. The van der Waals surface area contributed by atoms with Crippen LogP contribution in [0.25, 0.3) is 20.4 Å². The molecule has 4 aromatic rings. The maximum absolute atomic E-state index is 4.91. The van der Waals surface area contributed by atoms with Crippen LogP contribution < -0.4 is 10.6 Å². The first-order chi connectivity index (χ1) is 15.2. The second-order valence-corrected chi connectivity index (χ2v) is 12.0. The van der Waals surface area contributed by atoms with Gasteiger partial charge in [-0.1, -0.05) is 46.9 Å². The number of aromatic nitrogens is 2. The number of thiazole rings is 2. The predicted molar refractivity (Wildman–Crippen MR) is 131 cm³/mol. The highest BCUT2D eigenvalue weighted by Gasteiger charge is 2.54. The fourth-order valence-corrected chi connectivity index (χ4v) is 8.78. The van der Waals surface area contributed by atoms with E-state index < -0.39 is 0 Å². The van der Waals surface area contributed by atoms with Crippen molar-refractivity contribution in [1.29, 1.82) is 0 Å². The summed E-state index contributed by atoms with van der Waals surface area (Å²) >= 11 is 3.53. The van der Waals surface area contributed by atoms with Gasteiger partial charge in [-0.2, -0.15) is 0 Å². The molecule has 4 saturated carbocycles. The Labute approximate surface area is 190 Å². The molecular weight excluding hydrogens is 420 g/mol. The van der Waals surface area contributed by atoms with Crippen molar-refractivity contribution in [3.05, 3.63) is 48.5 Å². The monoisotopic (exact) mass is 446 g/mol. The largest absolute Gasteiger partial charge is 0.341 e. The van der Waals surface area contributed by atoms with Gasteiger partial charge < -0.3 is 10.6 Å². The van der Waals surface area contributed by atoms with Crippen molar-refractivity contribution in [3.8, 4) is 0 Å². The first-order valence-electron chi connectivity index (χ1n) is 11.5. The molecule has 2 N–H and O–H groups in total. The van der Waals surface area contributed by atoms with Gasteiger partial charge in [0.05, 0.1) is 20.4 Å². The summed E-state index contributed by atoms with van der Waals surface area (Å²) in [6, 6.07) is 16.9. The molecule has 2 aromatic carbocycles. The van der Waals surface area contributed by atoms with Crippen molar-refractivity contribution in [2.75, 3.05) is 10.6 Å². The zero-order valence-corrected chi connectivity index (χ0v) is 19.0. The molecule has 31 heavy (non-hydrogen) atoms. The van der Waals surface area contributed by atoms with Crippen molar-refractivity contribution < 1.29 is 0 Å². The van der Waals surface area contributed by atoms with Crippen LogP contribution in [-0.4, -0.2) is 16.1 Å². The number of anilines is 2. The lowest BCUT2D eigenvalue weighted by atomic mass is 9.48. The number of fused-ring (bicyclic) bond motifs is 2. The Morgan fingerprint density at radius 3 is 1.61 bits per heavy atom. The summed E-state index contributed by atoms with van der Waals surface area (Å²) in [6.45, 7) is 0. The van der Waals surface area contributed by atoms with E-state index in [0.717, 1.165) is 39.1 Å². The minimum absolute atomic E-state index is 0.169. The fraction of sp³-hybridized carbons (Fsp3) is 0.440. The van der Waals surface area contributed by atoms with Crippen molar-refractivity contribution in [3.63, 3.8) is 0 Å². The van der Waals surface area contributed by atoms with Gasteiger partial charge in [0.2, 0.25) is 0 Å². The van der Waals surface area contributed by atoms with E-state index in [2.05, 4.69) is 59.2 Å². The Balaban J connectivity index is 1.26. The molecule has 4 aliphatic carbocycles. The Morgan fingerprint density at radius 2 is 1.16 bits per heavy atom. The standard InChI is InChI=1S/C25H26N4S2/c1-3-7-20-18(5-1)26-23(30-20)28-22(29-24-27-19-6-2-4-8-21(19)31-24)25-12-15-9-16(13-25)11-17(10-15)14-25/h1-8,15-17,22H,9-14H2,(H,26,28)(H,27,29). The molecule has 2 heterocycles. The smallest absolute Gasteiger partial charge is 0.185 e. The van der Waals surface area contributed by atoms with Crippen LogP contribution in [0.1, 0.15) is 38.5 Å². The minimum Gasteiger partial charge on any atom is -0.341 e. The molecule has 0 radical (unpaired) electrons. The molecule has 0 amide bonds. The summed E-state index contributed by atoms with van der Waals surface area (Å²) in [7, 11) is 0. The number of para-hydroxylation sites is 2. The molecule has 0 aliphatic heterocycles. The molecule has 8 rings (SSSR count). The Bertz CT molecular complexity index is 1080. The number of hydrogen-bond acceptors (Lipinski definition) is 6. The van der Waals surface area contributed by atoms with Gasteiger partial charge in [0.1, 0.15) is 6.17 Å². The lowest BCUT2D eigenvalue weighted by Crippen LogP contribution is -2.56. The number of nitrogens with zero attached hydrogens (tertiary/aromatic N) is 2. The summed E-state index contributed by atoms with van der Waals surface area (Å²) in [4.78, 5) is 9.83. The van der Waals surface area contributed by atoms with Crippen LogP contribution in [0.3, 0.4) is 0 Å². The molecular formula is C25H26N4S2. The van der Waals surface area contributed by atoms with Crippen molar-refractivity contribution >= 4 is 53.4 Å². The van der Waals surface area contributed by atoms with Gasteiger partial charge in [-0.25, -0.2) is 9.97 Å². The number of benzene rings is 2.